The van der Waals surface area contributed by atoms with Crippen molar-refractivity contribution < 1.29 is 5.11 Å². The summed E-state index contributed by atoms with van der Waals surface area (Å²) in [5.74, 6) is 0.533. The van der Waals surface area contributed by atoms with Crippen LogP contribution in [0.15, 0.2) is 0 Å². The van der Waals surface area contributed by atoms with Crippen molar-refractivity contribution in [1.82, 2.24) is 25.0 Å². The summed E-state index contributed by atoms with van der Waals surface area (Å²) < 4.78 is 1.74. The van der Waals surface area contributed by atoms with Gasteiger partial charge in [-0.3, -0.25) is 0 Å². The van der Waals surface area contributed by atoms with E-state index in [9.17, 15) is 5.11 Å². The fourth-order valence-electron chi connectivity index (χ4n) is 2.81. The predicted molar refractivity (Wildman–Crippen MR) is 70.0 cm³/mol. The van der Waals surface area contributed by atoms with Gasteiger partial charge in [0.15, 0.2) is 17.0 Å². The van der Waals surface area contributed by atoms with Crippen LogP contribution >= 0.6 is 0 Å². The molecule has 1 saturated carbocycles. The lowest BCUT2D eigenvalue weighted by Crippen LogP contribution is -2.27. The van der Waals surface area contributed by atoms with Crippen LogP contribution in [0, 0.1) is 5.92 Å². The SMILES string of the molecule is Nc1nc(N)c2nnn([C@H]3CCCC[C@H]3CO)c2n1. The zero-order valence-corrected chi connectivity index (χ0v) is 10.5. The Hall–Kier alpha value is -1.96. The fourth-order valence-corrected chi connectivity index (χ4v) is 2.81. The third kappa shape index (κ3) is 1.97. The van der Waals surface area contributed by atoms with Crippen LogP contribution in [0.5, 0.6) is 0 Å². The molecule has 2 heterocycles. The maximum absolute atomic E-state index is 9.50. The van der Waals surface area contributed by atoms with Crippen molar-refractivity contribution in [1.29, 1.82) is 0 Å². The highest BCUT2D eigenvalue weighted by Crippen LogP contribution is 2.34. The number of aliphatic hydroxyl groups excluding tert-OH is 1. The van der Waals surface area contributed by atoms with Crippen LogP contribution in [0.25, 0.3) is 11.2 Å². The second-order valence-corrected chi connectivity index (χ2v) is 4.97. The van der Waals surface area contributed by atoms with Gasteiger partial charge < -0.3 is 16.6 Å². The maximum Gasteiger partial charge on any atom is 0.224 e. The number of fused-ring (bicyclic) bond motifs is 1. The second-order valence-electron chi connectivity index (χ2n) is 4.97. The Morgan fingerprint density at radius 3 is 2.79 bits per heavy atom. The first-order valence-electron chi connectivity index (χ1n) is 6.45. The Morgan fingerprint density at radius 2 is 2.00 bits per heavy atom. The lowest BCUT2D eigenvalue weighted by atomic mass is 9.85. The Bertz CT molecular complexity index is 596. The first-order valence-corrected chi connectivity index (χ1v) is 6.45. The van der Waals surface area contributed by atoms with Gasteiger partial charge in [0.1, 0.15) is 0 Å². The van der Waals surface area contributed by atoms with Gasteiger partial charge in [-0.05, 0) is 12.8 Å². The molecule has 0 amide bonds. The molecule has 102 valence electrons. The Morgan fingerprint density at radius 1 is 1.21 bits per heavy atom. The second kappa shape index (κ2) is 4.61. The van der Waals surface area contributed by atoms with Gasteiger partial charge in [0.25, 0.3) is 0 Å². The van der Waals surface area contributed by atoms with E-state index in [-0.39, 0.29) is 30.3 Å². The van der Waals surface area contributed by atoms with Crippen LogP contribution in [0.1, 0.15) is 31.7 Å². The highest BCUT2D eigenvalue weighted by molar-refractivity contribution is 5.81. The highest BCUT2D eigenvalue weighted by atomic mass is 16.3. The summed E-state index contributed by atoms with van der Waals surface area (Å²) in [5, 5.41) is 17.7. The van der Waals surface area contributed by atoms with Gasteiger partial charge in [-0.15, -0.1) is 5.10 Å². The first-order chi connectivity index (χ1) is 9.20. The van der Waals surface area contributed by atoms with Crippen molar-refractivity contribution in [2.75, 3.05) is 18.1 Å². The van der Waals surface area contributed by atoms with E-state index in [2.05, 4.69) is 20.3 Å². The summed E-state index contributed by atoms with van der Waals surface area (Å²) >= 11 is 0. The number of hydrogen-bond donors (Lipinski definition) is 3. The van der Waals surface area contributed by atoms with Gasteiger partial charge >= 0.3 is 0 Å². The maximum atomic E-state index is 9.50. The number of nitrogen functional groups attached to an aromatic ring is 2. The van der Waals surface area contributed by atoms with Crippen LogP contribution in [-0.4, -0.2) is 36.7 Å². The number of nitrogens with zero attached hydrogens (tertiary/aromatic N) is 5. The normalized spacial score (nSPS) is 23.8. The molecule has 8 nitrogen and oxygen atoms in total. The average Bonchev–Trinajstić information content (AvgIpc) is 2.82. The predicted octanol–water partition coefficient (Wildman–Crippen LogP) is 0.109. The topological polar surface area (TPSA) is 129 Å². The van der Waals surface area contributed by atoms with E-state index in [1.54, 1.807) is 4.68 Å². The first kappa shape index (κ1) is 12.1. The highest BCUT2D eigenvalue weighted by Gasteiger charge is 2.29. The lowest BCUT2D eigenvalue weighted by molar-refractivity contribution is 0.132. The molecule has 0 saturated heterocycles. The standard InChI is InChI=1S/C11H17N7O/c12-9-8-10(15-11(13)14-9)18(17-16-8)7-4-2-1-3-6(7)5-19/h6-7,19H,1-5H2,(H4,12,13,14,15)/t6-,7-/m0/s1. The minimum atomic E-state index is 0.0949. The summed E-state index contributed by atoms with van der Waals surface area (Å²) in [7, 11) is 0. The molecule has 0 bridgehead atoms. The third-order valence-corrected chi connectivity index (χ3v) is 3.79. The fraction of sp³-hybridized carbons (Fsp3) is 0.636. The molecule has 0 aliphatic heterocycles. The van der Waals surface area contributed by atoms with Crippen LogP contribution in [0.3, 0.4) is 0 Å². The number of anilines is 2. The monoisotopic (exact) mass is 263 g/mol. The van der Waals surface area contributed by atoms with Crippen molar-refractivity contribution in [2.45, 2.75) is 31.7 Å². The summed E-state index contributed by atoms with van der Waals surface area (Å²) in [6.45, 7) is 0.141. The molecule has 1 aliphatic rings. The number of aromatic nitrogens is 5. The molecule has 19 heavy (non-hydrogen) atoms. The minimum absolute atomic E-state index is 0.0949. The van der Waals surface area contributed by atoms with Gasteiger partial charge in [0.2, 0.25) is 5.95 Å². The molecule has 3 rings (SSSR count). The molecule has 2 atom stereocenters. The molecule has 0 unspecified atom stereocenters. The zero-order chi connectivity index (χ0) is 13.4. The summed E-state index contributed by atoms with van der Waals surface area (Å²) in [6, 6.07) is 0.0949. The van der Waals surface area contributed by atoms with Gasteiger partial charge in [-0.1, -0.05) is 18.1 Å². The van der Waals surface area contributed by atoms with E-state index in [0.29, 0.717) is 11.2 Å². The molecule has 8 heteroatoms. The lowest BCUT2D eigenvalue weighted by Gasteiger charge is -2.29. The van der Waals surface area contributed by atoms with Gasteiger partial charge in [-0.25, -0.2) is 4.68 Å². The number of nitrogens with two attached hydrogens (primary N) is 2. The van der Waals surface area contributed by atoms with Crippen LogP contribution in [0.4, 0.5) is 11.8 Å². The average molecular weight is 263 g/mol. The molecular weight excluding hydrogens is 246 g/mol. The molecule has 0 spiro atoms. The van der Waals surface area contributed by atoms with E-state index >= 15 is 0 Å². The van der Waals surface area contributed by atoms with E-state index in [1.807, 2.05) is 0 Å². The Balaban J connectivity index is 2.09. The quantitative estimate of drug-likeness (QED) is 0.701. The van der Waals surface area contributed by atoms with Crippen LogP contribution in [-0.2, 0) is 0 Å². The number of rotatable bonds is 2. The molecule has 5 N–H and O–H groups in total. The van der Waals surface area contributed by atoms with Gasteiger partial charge in [0, 0.05) is 12.5 Å². The Labute approximate surface area is 109 Å². The molecule has 1 aliphatic carbocycles. The molecule has 2 aromatic heterocycles. The van der Waals surface area contributed by atoms with E-state index in [4.69, 9.17) is 11.5 Å². The van der Waals surface area contributed by atoms with Crippen LogP contribution in [0.2, 0.25) is 0 Å². The van der Waals surface area contributed by atoms with Gasteiger partial charge in [-0.2, -0.15) is 9.97 Å². The molecular formula is C11H17N7O. The largest absolute Gasteiger partial charge is 0.396 e. The number of hydrogen-bond acceptors (Lipinski definition) is 7. The summed E-state index contributed by atoms with van der Waals surface area (Å²) in [4.78, 5) is 8.06. The number of aliphatic hydroxyl groups is 1. The van der Waals surface area contributed by atoms with Crippen molar-refractivity contribution >= 4 is 22.9 Å². The minimum Gasteiger partial charge on any atom is -0.396 e. The van der Waals surface area contributed by atoms with E-state index < -0.39 is 0 Å². The van der Waals surface area contributed by atoms with Crippen molar-refractivity contribution in [2.24, 2.45) is 5.92 Å². The molecule has 0 radical (unpaired) electrons. The Kier molecular flexibility index (Phi) is 2.94. The molecule has 2 aromatic rings. The van der Waals surface area contributed by atoms with Crippen molar-refractivity contribution in [3.63, 3.8) is 0 Å². The van der Waals surface area contributed by atoms with Crippen molar-refractivity contribution in [3.8, 4) is 0 Å². The molecule has 0 aromatic carbocycles. The smallest absolute Gasteiger partial charge is 0.224 e. The van der Waals surface area contributed by atoms with Gasteiger partial charge in [0.05, 0.1) is 6.04 Å². The van der Waals surface area contributed by atoms with Crippen LogP contribution < -0.4 is 11.5 Å². The zero-order valence-electron chi connectivity index (χ0n) is 10.5. The van der Waals surface area contributed by atoms with E-state index in [0.717, 1.165) is 25.7 Å². The molecule has 1 fully saturated rings. The third-order valence-electron chi connectivity index (χ3n) is 3.79. The summed E-state index contributed by atoms with van der Waals surface area (Å²) in [6.07, 6.45) is 4.18. The van der Waals surface area contributed by atoms with Crippen molar-refractivity contribution in [3.05, 3.63) is 0 Å². The van der Waals surface area contributed by atoms with E-state index in [1.165, 1.54) is 0 Å². The summed E-state index contributed by atoms with van der Waals surface area (Å²) in [5.41, 5.74) is 12.4.